The van der Waals surface area contributed by atoms with Crippen LogP contribution in [0.4, 0.5) is 0 Å². The first-order valence-electron chi connectivity index (χ1n) is 7.75. The Labute approximate surface area is 148 Å². The smallest absolute Gasteiger partial charge is 0.265 e. The van der Waals surface area contributed by atoms with Crippen molar-refractivity contribution in [2.45, 2.75) is 29.7 Å². The number of hydrogen-bond donors (Lipinski definition) is 0. The molecule has 0 radical (unpaired) electrons. The lowest BCUT2D eigenvalue weighted by Crippen LogP contribution is -2.19. The molecule has 2 aromatic carbocycles. The molecule has 0 N–H and O–H groups in total. The summed E-state index contributed by atoms with van der Waals surface area (Å²) >= 11 is 0. The average molecular weight is 381 g/mol. The third kappa shape index (κ3) is 3.92. The predicted octanol–water partition coefficient (Wildman–Crippen LogP) is 2.08. The van der Waals surface area contributed by atoms with Crippen LogP contribution >= 0.6 is 0 Å². The van der Waals surface area contributed by atoms with Gasteiger partial charge >= 0.3 is 0 Å². The van der Waals surface area contributed by atoms with Crippen molar-refractivity contribution in [2.75, 3.05) is 13.2 Å². The zero-order chi connectivity index (χ0) is 18.2. The first kappa shape index (κ1) is 18.1. The molecule has 0 saturated carbocycles. The maximum atomic E-state index is 12.5. The molecule has 1 heterocycles. The van der Waals surface area contributed by atoms with Crippen molar-refractivity contribution in [2.24, 2.45) is 0 Å². The summed E-state index contributed by atoms with van der Waals surface area (Å²) in [6.07, 6.45) is 0. The average Bonchev–Trinajstić information content (AvgIpc) is 3.34. The molecule has 0 bridgehead atoms. The van der Waals surface area contributed by atoms with E-state index < -0.39 is 26.2 Å². The van der Waals surface area contributed by atoms with Crippen LogP contribution < -0.4 is 0 Å². The molecule has 2 atom stereocenters. The van der Waals surface area contributed by atoms with E-state index in [0.29, 0.717) is 0 Å². The van der Waals surface area contributed by atoms with Crippen molar-refractivity contribution in [3.05, 3.63) is 59.7 Å². The van der Waals surface area contributed by atoms with Crippen LogP contribution in [0.15, 0.2) is 58.3 Å². The Morgan fingerprint density at radius 2 is 1.36 bits per heavy atom. The van der Waals surface area contributed by atoms with Gasteiger partial charge in [0.05, 0.1) is 22.4 Å². The molecule has 1 fully saturated rings. The molecule has 0 aromatic heterocycles. The largest absolute Gasteiger partial charge is 0.297 e. The van der Waals surface area contributed by atoms with Gasteiger partial charge < -0.3 is 0 Å². The highest BCUT2D eigenvalue weighted by molar-refractivity contribution is 7.89. The maximum absolute atomic E-state index is 12.5. The van der Waals surface area contributed by atoms with Gasteiger partial charge in [-0.05, 0) is 38.1 Å². The van der Waals surface area contributed by atoms with E-state index in [1.54, 1.807) is 36.4 Å². The van der Waals surface area contributed by atoms with Gasteiger partial charge in [-0.3, -0.25) is 4.18 Å². The van der Waals surface area contributed by atoms with E-state index in [-0.39, 0.29) is 22.9 Å². The highest BCUT2D eigenvalue weighted by Gasteiger charge is 2.45. The van der Waals surface area contributed by atoms with E-state index >= 15 is 0 Å². The minimum absolute atomic E-state index is 0.0618. The highest BCUT2D eigenvalue weighted by atomic mass is 32.2. The molecule has 25 heavy (non-hydrogen) atoms. The molecule has 0 amide bonds. The van der Waals surface area contributed by atoms with Crippen LogP contribution in [0.1, 0.15) is 11.1 Å². The van der Waals surface area contributed by atoms with Crippen molar-refractivity contribution < 1.29 is 21.0 Å². The molecule has 3 rings (SSSR count). The van der Waals surface area contributed by atoms with Gasteiger partial charge in [0.15, 0.2) is 0 Å². The van der Waals surface area contributed by atoms with Crippen LogP contribution in [0.2, 0.25) is 0 Å². The minimum Gasteiger partial charge on any atom is -0.265 e. The first-order chi connectivity index (χ1) is 11.7. The molecule has 0 aliphatic carbocycles. The van der Waals surface area contributed by atoms with Crippen molar-refractivity contribution in [1.29, 1.82) is 0 Å². The van der Waals surface area contributed by atoms with Gasteiger partial charge in [-0.25, -0.2) is 8.42 Å². The third-order valence-corrected chi connectivity index (χ3v) is 7.25. The molecule has 134 valence electrons. The van der Waals surface area contributed by atoms with Crippen molar-refractivity contribution in [1.82, 2.24) is 4.31 Å². The summed E-state index contributed by atoms with van der Waals surface area (Å²) in [6, 6.07) is 12.4. The Balaban J connectivity index is 1.64. The number of aryl methyl sites for hydroxylation is 2. The minimum atomic E-state index is -3.89. The predicted molar refractivity (Wildman–Crippen MR) is 93.2 cm³/mol. The summed E-state index contributed by atoms with van der Waals surface area (Å²) in [5.74, 6) is 0. The highest BCUT2D eigenvalue weighted by Crippen LogP contribution is 2.29. The maximum Gasteiger partial charge on any atom is 0.297 e. The lowest BCUT2D eigenvalue weighted by Gasteiger charge is -2.08. The molecule has 2 unspecified atom stereocenters. The summed E-state index contributed by atoms with van der Waals surface area (Å²) in [5, 5.41) is 0. The van der Waals surface area contributed by atoms with Crippen LogP contribution in [-0.4, -0.2) is 40.3 Å². The fourth-order valence-corrected chi connectivity index (χ4v) is 4.89. The monoisotopic (exact) mass is 381 g/mol. The van der Waals surface area contributed by atoms with Crippen LogP contribution in [-0.2, 0) is 24.3 Å². The van der Waals surface area contributed by atoms with E-state index in [1.807, 2.05) is 13.8 Å². The van der Waals surface area contributed by atoms with E-state index in [9.17, 15) is 16.8 Å². The Morgan fingerprint density at radius 1 is 0.880 bits per heavy atom. The quantitative estimate of drug-likeness (QED) is 0.565. The lowest BCUT2D eigenvalue weighted by molar-refractivity contribution is 0.310. The molecule has 8 heteroatoms. The second-order valence-electron chi connectivity index (χ2n) is 6.09. The van der Waals surface area contributed by atoms with E-state index in [4.69, 9.17) is 4.18 Å². The van der Waals surface area contributed by atoms with Gasteiger partial charge in [-0.15, -0.1) is 0 Å². The van der Waals surface area contributed by atoms with Gasteiger partial charge in [0.2, 0.25) is 10.0 Å². The Kier molecular flexibility index (Phi) is 4.72. The second kappa shape index (κ2) is 6.53. The van der Waals surface area contributed by atoms with Gasteiger partial charge in [0.25, 0.3) is 10.1 Å². The number of sulfonamides is 1. The third-order valence-electron chi connectivity index (χ3n) is 4.02. The molecule has 1 saturated heterocycles. The normalized spacial score (nSPS) is 20.4. The Bertz CT molecular complexity index is 965. The molecule has 6 nitrogen and oxygen atoms in total. The Morgan fingerprint density at radius 3 is 1.88 bits per heavy atom. The van der Waals surface area contributed by atoms with Gasteiger partial charge in [0, 0.05) is 6.54 Å². The van der Waals surface area contributed by atoms with E-state index in [0.717, 1.165) is 11.1 Å². The SMILES string of the molecule is Cc1ccc(S(=O)(=O)OCC2CN2S(=O)(=O)c2ccc(C)cc2)cc1. The van der Waals surface area contributed by atoms with Gasteiger partial charge in [-0.1, -0.05) is 35.4 Å². The fraction of sp³-hybridized carbons (Fsp3) is 0.294. The molecule has 2 aromatic rings. The van der Waals surface area contributed by atoms with Crippen LogP contribution in [0.3, 0.4) is 0 Å². The zero-order valence-electron chi connectivity index (χ0n) is 13.9. The van der Waals surface area contributed by atoms with Crippen LogP contribution in [0, 0.1) is 13.8 Å². The van der Waals surface area contributed by atoms with E-state index in [2.05, 4.69) is 0 Å². The van der Waals surface area contributed by atoms with Crippen molar-refractivity contribution in [3.63, 3.8) is 0 Å². The Hall–Kier alpha value is -1.74. The number of hydrogen-bond acceptors (Lipinski definition) is 5. The van der Waals surface area contributed by atoms with Gasteiger partial charge in [-0.2, -0.15) is 12.7 Å². The number of benzene rings is 2. The van der Waals surface area contributed by atoms with Crippen LogP contribution in [0.5, 0.6) is 0 Å². The first-order valence-corrected chi connectivity index (χ1v) is 10.6. The summed E-state index contributed by atoms with van der Waals surface area (Å²) in [6.45, 7) is 3.79. The van der Waals surface area contributed by atoms with Crippen molar-refractivity contribution >= 4 is 20.1 Å². The fourth-order valence-electron chi connectivity index (χ4n) is 2.38. The molecule has 1 aliphatic heterocycles. The summed E-state index contributed by atoms with van der Waals surface area (Å²) < 4.78 is 55.5. The number of rotatable bonds is 6. The summed E-state index contributed by atoms with van der Waals surface area (Å²) in [7, 11) is -7.50. The topological polar surface area (TPSA) is 80.5 Å². The van der Waals surface area contributed by atoms with E-state index in [1.165, 1.54) is 16.4 Å². The second-order valence-corrected chi connectivity index (χ2v) is 9.60. The van der Waals surface area contributed by atoms with Crippen molar-refractivity contribution in [3.8, 4) is 0 Å². The molecule has 1 aliphatic rings. The zero-order valence-corrected chi connectivity index (χ0v) is 15.5. The standard InChI is InChI=1S/C17H19NO5S2/c1-13-3-7-16(8-4-13)24(19,20)18-11-15(18)12-23-25(21,22)17-9-5-14(2)6-10-17/h3-10,15H,11-12H2,1-2H3. The van der Waals surface area contributed by atoms with Crippen LogP contribution in [0.25, 0.3) is 0 Å². The summed E-state index contributed by atoms with van der Waals surface area (Å²) in [5.41, 5.74) is 1.91. The van der Waals surface area contributed by atoms with Gasteiger partial charge in [0.1, 0.15) is 0 Å². The number of nitrogens with zero attached hydrogens (tertiary/aromatic N) is 1. The molecular formula is C17H19NO5S2. The summed E-state index contributed by atoms with van der Waals surface area (Å²) in [4.78, 5) is 0.258. The lowest BCUT2D eigenvalue weighted by atomic mass is 10.2. The molecular weight excluding hydrogens is 362 g/mol. The molecule has 0 spiro atoms.